The Balaban J connectivity index is 2.22. The third-order valence-corrected chi connectivity index (χ3v) is 3.71. The van der Waals surface area contributed by atoms with Gasteiger partial charge in [-0.2, -0.15) is 0 Å². The van der Waals surface area contributed by atoms with Gasteiger partial charge >= 0.3 is 0 Å². The first-order valence-corrected chi connectivity index (χ1v) is 7.56. The molecule has 1 aromatic heterocycles. The van der Waals surface area contributed by atoms with E-state index >= 15 is 0 Å². The molecule has 4 heteroatoms. The van der Waals surface area contributed by atoms with Crippen LogP contribution in [0.15, 0.2) is 35.8 Å². The first kappa shape index (κ1) is 14.0. The van der Waals surface area contributed by atoms with Crippen molar-refractivity contribution in [2.24, 2.45) is 0 Å². The molecule has 1 atom stereocenters. The van der Waals surface area contributed by atoms with E-state index in [1.165, 1.54) is 5.56 Å². The zero-order chi connectivity index (χ0) is 13.5. The number of benzene rings is 1. The molecule has 102 valence electrons. The van der Waals surface area contributed by atoms with E-state index in [9.17, 15) is 0 Å². The van der Waals surface area contributed by atoms with Crippen LogP contribution < -0.4 is 10.1 Å². The van der Waals surface area contributed by atoms with Crippen molar-refractivity contribution in [2.75, 3.05) is 13.2 Å². The number of nitrogens with zero attached hydrogens (tertiary/aromatic N) is 1. The molecule has 0 spiro atoms. The lowest BCUT2D eigenvalue weighted by Crippen LogP contribution is -2.23. The van der Waals surface area contributed by atoms with E-state index in [-0.39, 0.29) is 6.04 Å². The number of thiazole rings is 1. The fraction of sp³-hybridized carbons (Fsp3) is 0.400. The van der Waals surface area contributed by atoms with Crippen molar-refractivity contribution in [1.29, 1.82) is 0 Å². The molecular formula is C15H20N2OS. The lowest BCUT2D eigenvalue weighted by atomic mass is 10.0. The van der Waals surface area contributed by atoms with Gasteiger partial charge in [-0.1, -0.05) is 25.1 Å². The number of likely N-dealkylation sites (N-methyl/N-ethyl adjacent to an activating group) is 1. The Hall–Kier alpha value is -1.39. The van der Waals surface area contributed by atoms with Crippen molar-refractivity contribution < 1.29 is 4.74 Å². The number of hydrogen-bond acceptors (Lipinski definition) is 4. The molecule has 0 bridgehead atoms. The second-order valence-corrected chi connectivity index (χ2v) is 5.19. The van der Waals surface area contributed by atoms with Gasteiger partial charge in [0.05, 0.1) is 11.6 Å². The summed E-state index contributed by atoms with van der Waals surface area (Å²) in [6.07, 6.45) is 2.76. The van der Waals surface area contributed by atoms with E-state index in [2.05, 4.69) is 29.4 Å². The standard InChI is InChI=1S/C15H20N2OS/c1-3-16-13(11-15-17-9-10-19-15)12-7-5-6-8-14(12)18-4-2/h5-10,13,16H,3-4,11H2,1-2H3. The fourth-order valence-electron chi connectivity index (χ4n) is 2.12. The van der Waals surface area contributed by atoms with E-state index in [1.54, 1.807) is 11.3 Å². The van der Waals surface area contributed by atoms with Crippen molar-refractivity contribution in [2.45, 2.75) is 26.3 Å². The Morgan fingerprint density at radius 1 is 1.32 bits per heavy atom. The maximum Gasteiger partial charge on any atom is 0.124 e. The molecule has 2 rings (SSSR count). The molecule has 0 aliphatic heterocycles. The summed E-state index contributed by atoms with van der Waals surface area (Å²) in [5.41, 5.74) is 1.21. The molecule has 2 aromatic rings. The molecule has 1 heterocycles. The van der Waals surface area contributed by atoms with Crippen LogP contribution in [0.25, 0.3) is 0 Å². The summed E-state index contributed by atoms with van der Waals surface area (Å²) in [6.45, 7) is 5.75. The zero-order valence-corrected chi connectivity index (χ0v) is 12.2. The molecule has 1 N–H and O–H groups in total. The Bertz CT molecular complexity index is 485. The van der Waals surface area contributed by atoms with Crippen molar-refractivity contribution in [1.82, 2.24) is 10.3 Å². The van der Waals surface area contributed by atoms with Gasteiger partial charge in [-0.15, -0.1) is 11.3 Å². The van der Waals surface area contributed by atoms with Gasteiger partial charge in [-0.25, -0.2) is 4.98 Å². The summed E-state index contributed by atoms with van der Waals surface area (Å²) in [5.74, 6) is 0.965. The van der Waals surface area contributed by atoms with Crippen molar-refractivity contribution in [3.63, 3.8) is 0 Å². The SMILES string of the molecule is CCNC(Cc1nccs1)c1ccccc1OCC. The monoisotopic (exact) mass is 276 g/mol. The topological polar surface area (TPSA) is 34.2 Å². The Morgan fingerprint density at radius 2 is 2.16 bits per heavy atom. The molecule has 1 aromatic carbocycles. The molecule has 0 radical (unpaired) electrons. The highest BCUT2D eigenvalue weighted by molar-refractivity contribution is 7.09. The molecule has 0 aliphatic carbocycles. The third-order valence-electron chi connectivity index (χ3n) is 2.91. The first-order valence-electron chi connectivity index (χ1n) is 6.68. The number of aromatic nitrogens is 1. The summed E-state index contributed by atoms with van der Waals surface area (Å²) in [5, 5.41) is 6.69. The molecule has 0 aliphatic rings. The smallest absolute Gasteiger partial charge is 0.124 e. The van der Waals surface area contributed by atoms with Crippen LogP contribution in [0.3, 0.4) is 0 Å². The molecule has 0 saturated heterocycles. The molecule has 19 heavy (non-hydrogen) atoms. The van der Waals surface area contributed by atoms with Crippen LogP contribution in [0.5, 0.6) is 5.75 Å². The Kier molecular flexibility index (Phi) is 5.36. The molecule has 1 unspecified atom stereocenters. The molecular weight excluding hydrogens is 256 g/mol. The van der Waals surface area contributed by atoms with Crippen LogP contribution in [0, 0.1) is 0 Å². The molecule has 0 fully saturated rings. The summed E-state index contributed by atoms with van der Waals surface area (Å²) >= 11 is 1.70. The number of ether oxygens (including phenoxy) is 1. The van der Waals surface area contributed by atoms with E-state index in [4.69, 9.17) is 4.74 Å². The molecule has 0 amide bonds. The molecule has 3 nitrogen and oxygen atoms in total. The van der Waals surface area contributed by atoms with E-state index in [1.807, 2.05) is 30.6 Å². The summed E-state index contributed by atoms with van der Waals surface area (Å²) in [6, 6.07) is 8.49. The number of para-hydroxylation sites is 1. The zero-order valence-electron chi connectivity index (χ0n) is 11.4. The van der Waals surface area contributed by atoms with E-state index < -0.39 is 0 Å². The quantitative estimate of drug-likeness (QED) is 0.841. The fourth-order valence-corrected chi connectivity index (χ4v) is 2.79. The first-order chi connectivity index (χ1) is 9.35. The van der Waals surface area contributed by atoms with Gasteiger partial charge in [0, 0.05) is 29.6 Å². The lowest BCUT2D eigenvalue weighted by molar-refractivity contribution is 0.331. The van der Waals surface area contributed by atoms with Crippen molar-refractivity contribution in [3.8, 4) is 5.75 Å². The number of nitrogens with one attached hydrogen (secondary N) is 1. The van der Waals surface area contributed by atoms with Crippen LogP contribution in [0.4, 0.5) is 0 Å². The van der Waals surface area contributed by atoms with Crippen LogP contribution >= 0.6 is 11.3 Å². The Labute approximate surface area is 118 Å². The van der Waals surface area contributed by atoms with Gasteiger partial charge in [0.25, 0.3) is 0 Å². The molecule has 0 saturated carbocycles. The second-order valence-electron chi connectivity index (χ2n) is 4.21. The normalized spacial score (nSPS) is 12.3. The summed E-state index contributed by atoms with van der Waals surface area (Å²) in [7, 11) is 0. The van der Waals surface area contributed by atoms with Gasteiger partial charge < -0.3 is 10.1 Å². The minimum atomic E-state index is 0.249. The Morgan fingerprint density at radius 3 is 2.84 bits per heavy atom. The van der Waals surface area contributed by atoms with E-state index in [0.717, 1.165) is 23.7 Å². The maximum atomic E-state index is 5.73. The summed E-state index contributed by atoms with van der Waals surface area (Å²) < 4.78 is 5.73. The van der Waals surface area contributed by atoms with E-state index in [0.29, 0.717) is 6.61 Å². The minimum absolute atomic E-state index is 0.249. The number of hydrogen-bond donors (Lipinski definition) is 1. The number of rotatable bonds is 7. The summed E-state index contributed by atoms with van der Waals surface area (Å²) in [4.78, 5) is 4.38. The average Bonchev–Trinajstić information content (AvgIpc) is 2.92. The highest BCUT2D eigenvalue weighted by atomic mass is 32.1. The van der Waals surface area contributed by atoms with Gasteiger partial charge in [0.15, 0.2) is 0 Å². The third kappa shape index (κ3) is 3.78. The van der Waals surface area contributed by atoms with Crippen LogP contribution in [-0.4, -0.2) is 18.1 Å². The highest BCUT2D eigenvalue weighted by Crippen LogP contribution is 2.28. The lowest BCUT2D eigenvalue weighted by Gasteiger charge is -2.20. The van der Waals surface area contributed by atoms with Gasteiger partial charge in [0.2, 0.25) is 0 Å². The van der Waals surface area contributed by atoms with Gasteiger partial charge in [0.1, 0.15) is 5.75 Å². The van der Waals surface area contributed by atoms with Crippen LogP contribution in [0.1, 0.15) is 30.5 Å². The van der Waals surface area contributed by atoms with Gasteiger partial charge in [-0.3, -0.25) is 0 Å². The van der Waals surface area contributed by atoms with Crippen LogP contribution in [-0.2, 0) is 6.42 Å². The van der Waals surface area contributed by atoms with Gasteiger partial charge in [-0.05, 0) is 19.5 Å². The predicted octanol–water partition coefficient (Wildman–Crippen LogP) is 3.44. The largest absolute Gasteiger partial charge is 0.494 e. The minimum Gasteiger partial charge on any atom is -0.494 e. The van der Waals surface area contributed by atoms with Crippen molar-refractivity contribution >= 4 is 11.3 Å². The van der Waals surface area contributed by atoms with Crippen LogP contribution in [0.2, 0.25) is 0 Å². The predicted molar refractivity (Wildman–Crippen MR) is 79.8 cm³/mol. The maximum absolute atomic E-state index is 5.73. The van der Waals surface area contributed by atoms with Crippen molar-refractivity contribution in [3.05, 3.63) is 46.4 Å². The average molecular weight is 276 g/mol. The highest BCUT2D eigenvalue weighted by Gasteiger charge is 2.16. The second kappa shape index (κ2) is 7.26.